The van der Waals surface area contributed by atoms with Crippen molar-refractivity contribution in [2.24, 2.45) is 0 Å². The zero-order valence-electron chi connectivity index (χ0n) is 40.8. The fourth-order valence-corrected chi connectivity index (χ4v) is 13.2. The first-order chi connectivity index (χ1) is 37.2. The Hall–Kier alpha value is -9.71. The lowest BCUT2D eigenvalue weighted by atomic mass is 9.70. The Morgan fingerprint density at radius 2 is 0.907 bits per heavy atom. The van der Waals surface area contributed by atoms with Crippen molar-refractivity contribution >= 4 is 49.3 Å². The van der Waals surface area contributed by atoms with Crippen molar-refractivity contribution in [2.75, 3.05) is 0 Å². The summed E-state index contributed by atoms with van der Waals surface area (Å²) in [6.07, 6.45) is 7.50. The predicted octanol–water partition coefficient (Wildman–Crippen LogP) is 17.0. The molecule has 0 saturated carbocycles. The molecule has 0 radical (unpaired) electrons. The maximum Gasteiger partial charge on any atom is 0.163 e. The molecule has 16 rings (SSSR count). The fourth-order valence-electron chi connectivity index (χ4n) is 13.2. The minimum absolute atomic E-state index is 0.215. The third-order valence-corrected chi connectivity index (χ3v) is 16.3. The second kappa shape index (κ2) is 16.1. The minimum Gasteiger partial charge on any atom is -0.312 e. The fraction of sp³-hybridized carbons (Fsp3) is 0.0429. The van der Waals surface area contributed by atoms with Gasteiger partial charge in [0.25, 0.3) is 0 Å². The van der Waals surface area contributed by atoms with Crippen LogP contribution in [0.5, 0.6) is 0 Å². The van der Waals surface area contributed by atoms with Crippen LogP contribution in [0.25, 0.3) is 111 Å². The maximum atomic E-state index is 5.58. The Morgan fingerprint density at radius 1 is 0.387 bits per heavy atom. The van der Waals surface area contributed by atoms with Crippen LogP contribution >= 0.6 is 0 Å². The third-order valence-electron chi connectivity index (χ3n) is 16.3. The van der Waals surface area contributed by atoms with E-state index in [-0.39, 0.29) is 5.92 Å². The monoisotopic (exact) mass is 955 g/mol. The summed E-state index contributed by atoms with van der Waals surface area (Å²) in [6, 6.07) is 86.2. The number of benzene rings is 10. The van der Waals surface area contributed by atoms with E-state index in [0.717, 1.165) is 50.4 Å². The summed E-state index contributed by atoms with van der Waals surface area (Å²) < 4.78 is 4.92. The summed E-state index contributed by atoms with van der Waals surface area (Å²) in [5, 5.41) is 4.88. The molecule has 0 saturated heterocycles. The summed E-state index contributed by atoms with van der Waals surface area (Å²) >= 11 is 0. The van der Waals surface area contributed by atoms with Crippen molar-refractivity contribution in [1.29, 1.82) is 0 Å². The van der Waals surface area contributed by atoms with Crippen LogP contribution in [0.3, 0.4) is 0 Å². The molecule has 5 nitrogen and oxygen atoms in total. The van der Waals surface area contributed by atoms with E-state index in [0.29, 0.717) is 18.1 Å². The van der Waals surface area contributed by atoms with E-state index < -0.39 is 5.41 Å². The quantitative estimate of drug-likeness (QED) is 0.167. The molecule has 75 heavy (non-hydrogen) atoms. The van der Waals surface area contributed by atoms with Gasteiger partial charge in [0.2, 0.25) is 0 Å². The predicted molar refractivity (Wildman–Crippen MR) is 307 cm³/mol. The van der Waals surface area contributed by atoms with Crippen molar-refractivity contribution in [3.8, 4) is 61.8 Å². The molecule has 0 N–H and O–H groups in total. The molecule has 1 atom stereocenters. The highest BCUT2D eigenvalue weighted by atomic mass is 15.1. The Kier molecular flexibility index (Phi) is 9.01. The topological polar surface area (TPSA) is 48.5 Å². The van der Waals surface area contributed by atoms with Gasteiger partial charge < -0.3 is 9.13 Å². The number of fused-ring (bicyclic) bond motifs is 17. The minimum atomic E-state index is -0.476. The number of allylic oxidation sites excluding steroid dienone is 4. The average Bonchev–Trinajstić information content (AvgIpc) is 4.40. The lowest BCUT2D eigenvalue weighted by Gasteiger charge is -2.30. The Bertz CT molecular complexity index is 4470. The summed E-state index contributed by atoms with van der Waals surface area (Å²) in [5.74, 6) is 1.79. The molecule has 3 aliphatic carbocycles. The van der Waals surface area contributed by atoms with Gasteiger partial charge in [0, 0.05) is 49.6 Å². The van der Waals surface area contributed by atoms with Crippen molar-refractivity contribution in [3.63, 3.8) is 0 Å². The second-order valence-electron chi connectivity index (χ2n) is 20.1. The number of aromatic nitrogens is 5. The number of nitrogens with zero attached hydrogens (tertiary/aromatic N) is 5. The normalized spacial score (nSPS) is 14.9. The van der Waals surface area contributed by atoms with Gasteiger partial charge in [-0.1, -0.05) is 218 Å². The molecule has 5 heteroatoms. The largest absolute Gasteiger partial charge is 0.312 e. The first-order valence-electron chi connectivity index (χ1n) is 26.0. The number of hydrogen-bond donors (Lipinski definition) is 0. The molecule has 3 heterocycles. The Labute approximate surface area is 433 Å². The zero-order valence-corrected chi connectivity index (χ0v) is 40.8. The highest BCUT2D eigenvalue weighted by Gasteiger charge is 2.52. The zero-order chi connectivity index (χ0) is 49.2. The second-order valence-corrected chi connectivity index (χ2v) is 20.1. The molecule has 350 valence electrons. The van der Waals surface area contributed by atoms with Crippen LogP contribution in [0, 0.1) is 0 Å². The summed E-state index contributed by atoms with van der Waals surface area (Å²) in [4.78, 5) is 16.5. The van der Waals surface area contributed by atoms with Crippen LogP contribution in [0.2, 0.25) is 0 Å². The van der Waals surface area contributed by atoms with Crippen molar-refractivity contribution < 1.29 is 0 Å². The average molecular weight is 956 g/mol. The van der Waals surface area contributed by atoms with Crippen LogP contribution < -0.4 is 0 Å². The van der Waals surface area contributed by atoms with Crippen LogP contribution in [0.15, 0.2) is 255 Å². The molecular formula is C70H45N5. The molecule has 3 aromatic heterocycles. The SMILES string of the molecule is C1=CCC(c2nc(-c3ccc(-c4ccccc4)cc3)nc(-c3cccc(-n4c5ccccc5c5ccccc54)c3)n2)C(n2c3ccccc3c3ccc4c(c32)-c2ccccc2C42c3ccccc3-c3ccccc32)=C1. The lowest BCUT2D eigenvalue weighted by molar-refractivity contribution is 0.753. The van der Waals surface area contributed by atoms with Gasteiger partial charge in [0.1, 0.15) is 5.82 Å². The van der Waals surface area contributed by atoms with Crippen LogP contribution in [-0.2, 0) is 5.41 Å². The van der Waals surface area contributed by atoms with Gasteiger partial charge in [0.15, 0.2) is 11.6 Å². The van der Waals surface area contributed by atoms with E-state index in [2.05, 4.69) is 264 Å². The first-order valence-corrected chi connectivity index (χ1v) is 26.0. The molecule has 0 bridgehead atoms. The number of para-hydroxylation sites is 3. The Morgan fingerprint density at radius 3 is 1.59 bits per heavy atom. The van der Waals surface area contributed by atoms with Crippen LogP contribution in [-0.4, -0.2) is 24.1 Å². The van der Waals surface area contributed by atoms with Gasteiger partial charge in [-0.15, -0.1) is 0 Å². The molecule has 0 aliphatic heterocycles. The van der Waals surface area contributed by atoms with Crippen LogP contribution in [0.4, 0.5) is 0 Å². The summed E-state index contributed by atoms with van der Waals surface area (Å²) in [7, 11) is 0. The molecule has 3 aliphatic rings. The standard InChI is InChI=1S/C70H45N5/c1-2-19-44(20-3-1)45-37-39-46(40-38-45)67-71-68(47-21-18-22-48(43-47)74-61-33-14-7-25-51(61)52-26-8-15-34-62(52)74)73-69(72-67)56-29-10-17-36-64(56)75-63-35-16-9-27-53(63)54-41-42-60-65(66(54)75)55-28-6-13-32-59(55)70(60)57-30-11-4-23-49(57)50-24-5-12-31-58(50)70/h1-28,30-43,56H,29H2. The van der Waals surface area contributed by atoms with E-state index >= 15 is 0 Å². The van der Waals surface area contributed by atoms with E-state index in [1.165, 1.54) is 77.1 Å². The highest BCUT2D eigenvalue weighted by molar-refractivity contribution is 6.17. The van der Waals surface area contributed by atoms with Gasteiger partial charge in [0.05, 0.1) is 33.4 Å². The van der Waals surface area contributed by atoms with Gasteiger partial charge in [-0.25, -0.2) is 15.0 Å². The van der Waals surface area contributed by atoms with Gasteiger partial charge in [-0.05, 0) is 92.9 Å². The number of hydrogen-bond acceptors (Lipinski definition) is 3. The number of rotatable bonds is 6. The van der Waals surface area contributed by atoms with E-state index in [1.54, 1.807) is 0 Å². The Balaban J connectivity index is 0.919. The molecule has 1 spiro atoms. The van der Waals surface area contributed by atoms with E-state index in [1.807, 2.05) is 0 Å². The third kappa shape index (κ3) is 5.98. The molecule has 0 amide bonds. The van der Waals surface area contributed by atoms with Gasteiger partial charge in [-0.2, -0.15) is 0 Å². The van der Waals surface area contributed by atoms with Crippen molar-refractivity contribution in [2.45, 2.75) is 17.8 Å². The maximum absolute atomic E-state index is 5.58. The van der Waals surface area contributed by atoms with E-state index in [9.17, 15) is 0 Å². The van der Waals surface area contributed by atoms with Gasteiger partial charge >= 0.3 is 0 Å². The molecule has 10 aromatic carbocycles. The van der Waals surface area contributed by atoms with Gasteiger partial charge in [-0.3, -0.25) is 0 Å². The van der Waals surface area contributed by atoms with E-state index in [4.69, 9.17) is 15.0 Å². The lowest BCUT2D eigenvalue weighted by Crippen LogP contribution is -2.25. The molecule has 13 aromatic rings. The molecule has 0 fully saturated rings. The van der Waals surface area contributed by atoms with Crippen molar-refractivity contribution in [3.05, 3.63) is 283 Å². The summed E-state index contributed by atoms with van der Waals surface area (Å²) in [5.41, 5.74) is 21.0. The first kappa shape index (κ1) is 41.9. The van der Waals surface area contributed by atoms with Crippen LogP contribution in [0.1, 0.15) is 40.4 Å². The smallest absolute Gasteiger partial charge is 0.163 e. The molecule has 1 unspecified atom stereocenters. The highest BCUT2D eigenvalue weighted by Crippen LogP contribution is 2.64. The molecular weight excluding hydrogens is 911 g/mol. The summed E-state index contributed by atoms with van der Waals surface area (Å²) in [6.45, 7) is 0. The van der Waals surface area contributed by atoms with Crippen molar-refractivity contribution in [1.82, 2.24) is 24.1 Å².